The smallest absolute Gasteiger partial charge is 0.410 e. The number of rotatable bonds is 7. The molecule has 13 atom stereocenters. The Labute approximate surface area is 273 Å². The van der Waals surface area contributed by atoms with Gasteiger partial charge in [-0.25, -0.2) is 4.79 Å². The van der Waals surface area contributed by atoms with Gasteiger partial charge in [-0.3, -0.25) is 19.5 Å². The Morgan fingerprint density at radius 2 is 1.80 bits per heavy atom. The second-order valence-corrected chi connectivity index (χ2v) is 14.0. The van der Waals surface area contributed by atoms with E-state index < -0.39 is 72.7 Å². The van der Waals surface area contributed by atoms with Crippen LogP contribution in [0.1, 0.15) is 67.7 Å². The van der Waals surface area contributed by atoms with Gasteiger partial charge >= 0.3 is 12.1 Å². The highest BCUT2D eigenvalue weighted by Gasteiger charge is 2.60. The van der Waals surface area contributed by atoms with Crippen LogP contribution in [-0.2, 0) is 33.3 Å². The van der Waals surface area contributed by atoms with Crippen LogP contribution in [-0.4, -0.2) is 127 Å². The number of carbonyl (C=O) groups is 3. The van der Waals surface area contributed by atoms with Gasteiger partial charge < -0.3 is 33.7 Å². The lowest BCUT2D eigenvalue weighted by Gasteiger charge is -2.45. The minimum Gasteiger partial charge on any atom is -0.458 e. The molecular weight excluding hydrogens is 594 g/mol. The molecule has 4 aliphatic heterocycles. The first-order chi connectivity index (χ1) is 21.7. The lowest BCUT2D eigenvalue weighted by atomic mass is 9.73. The van der Waals surface area contributed by atoms with Gasteiger partial charge in [-0.15, -0.1) is 6.58 Å². The van der Waals surface area contributed by atoms with Crippen molar-refractivity contribution in [3.05, 3.63) is 12.7 Å². The van der Waals surface area contributed by atoms with Crippen LogP contribution in [0.5, 0.6) is 0 Å². The number of hydrogen-bond donors (Lipinski definition) is 1. The molecule has 1 N–H and O–H groups in total. The summed E-state index contributed by atoms with van der Waals surface area (Å²) in [6, 6.07) is -0.673. The Kier molecular flexibility index (Phi) is 11.7. The van der Waals surface area contributed by atoms with E-state index in [-0.39, 0.29) is 36.4 Å². The fraction of sp³-hybridized carbons (Fsp3) is 0.824. The average molecular weight is 650 g/mol. The molecule has 4 aliphatic rings. The highest BCUT2D eigenvalue weighted by atomic mass is 16.7. The van der Waals surface area contributed by atoms with Gasteiger partial charge in [-0.05, 0) is 40.8 Å². The predicted octanol–water partition coefficient (Wildman–Crippen LogP) is 3.24. The highest BCUT2D eigenvalue weighted by molar-refractivity contribution is 5.97. The number of aliphatic hydroxyl groups is 1. The third kappa shape index (κ3) is 7.06. The molecule has 260 valence electrons. The number of amides is 1. The molecule has 0 aliphatic carbocycles. The second kappa shape index (κ2) is 14.8. The van der Waals surface area contributed by atoms with Gasteiger partial charge in [0.2, 0.25) is 0 Å². The number of Topliss-reactive ketones (excluding diaryl/α,β-unsaturated/α-hetero) is 1. The number of fused-ring (bicyclic) bond motifs is 1. The van der Waals surface area contributed by atoms with Crippen molar-refractivity contribution < 1.29 is 43.2 Å². The Hall–Kier alpha value is -2.38. The maximum atomic E-state index is 13.8. The fourth-order valence-electron chi connectivity index (χ4n) is 8.22. The summed E-state index contributed by atoms with van der Waals surface area (Å²) in [5, 5.41) is 11.3. The van der Waals surface area contributed by atoms with E-state index in [9.17, 15) is 19.5 Å². The summed E-state index contributed by atoms with van der Waals surface area (Å²) in [6.07, 6.45) is -2.52. The molecule has 0 spiro atoms. The SMILES string of the molecule is C=CCO[C@@H]1[C@H](C)[C@H](O[C@@H]2O[C@H](C)C[C@H](N(C)C)[C@H]2O)[C@@H](C)C(=O)CC(=O)O[C@H](CC)[C@@]2(C)OC(=O)N3CCN=C([C@H](C)C32)[C@@H]1C. The van der Waals surface area contributed by atoms with Crippen LogP contribution >= 0.6 is 0 Å². The number of cyclic esters (lactones) is 1. The van der Waals surface area contributed by atoms with Crippen molar-refractivity contribution in [2.24, 2.45) is 28.7 Å². The van der Waals surface area contributed by atoms with Crippen molar-refractivity contribution in [1.29, 1.82) is 0 Å². The van der Waals surface area contributed by atoms with E-state index in [2.05, 4.69) is 6.58 Å². The summed E-state index contributed by atoms with van der Waals surface area (Å²) in [7, 11) is 3.80. The maximum absolute atomic E-state index is 13.8. The third-order valence-corrected chi connectivity index (χ3v) is 10.6. The molecule has 4 heterocycles. The highest BCUT2D eigenvalue weighted by Crippen LogP contribution is 2.43. The van der Waals surface area contributed by atoms with E-state index in [1.54, 1.807) is 17.9 Å². The third-order valence-electron chi connectivity index (χ3n) is 10.6. The summed E-state index contributed by atoms with van der Waals surface area (Å²) in [4.78, 5) is 49.1. The first-order valence-electron chi connectivity index (χ1n) is 16.8. The number of carbonyl (C=O) groups excluding carboxylic acids is 3. The standard InChI is InChI=1S/C34H55N3O9/c1-11-15-42-29-20(5)27-21(6)31-34(8,46-33(41)37(31)14-13-35-27)25(12-2)44-26(39)17-24(38)19(4)30(22(29)7)45-32-28(40)23(36(9)10)16-18(3)43-32/h11,18-23,25,28-32,40H,1,12-17H2,2-10H3/t18-,19+,20+,21+,22+,23+,25-,28-,29+,30-,31?,32+,34-/m1/s1. The van der Waals surface area contributed by atoms with E-state index >= 15 is 0 Å². The summed E-state index contributed by atoms with van der Waals surface area (Å²) >= 11 is 0. The molecule has 12 nitrogen and oxygen atoms in total. The lowest BCUT2D eigenvalue weighted by Crippen LogP contribution is -2.58. The number of esters is 1. The van der Waals surface area contributed by atoms with Crippen molar-refractivity contribution in [2.45, 2.75) is 122 Å². The second-order valence-electron chi connectivity index (χ2n) is 14.0. The summed E-state index contributed by atoms with van der Waals surface area (Å²) in [5.41, 5.74) is -0.308. The Bertz CT molecular complexity index is 1160. The van der Waals surface area contributed by atoms with Gasteiger partial charge in [0.1, 0.15) is 24.4 Å². The Balaban J connectivity index is 1.80. The van der Waals surface area contributed by atoms with E-state index in [1.807, 2.05) is 60.5 Å². The van der Waals surface area contributed by atoms with Crippen molar-refractivity contribution >= 4 is 23.6 Å². The maximum Gasteiger partial charge on any atom is 0.410 e. The largest absolute Gasteiger partial charge is 0.458 e. The number of ether oxygens (including phenoxy) is 5. The molecule has 0 aromatic rings. The van der Waals surface area contributed by atoms with Crippen LogP contribution in [0.25, 0.3) is 0 Å². The van der Waals surface area contributed by atoms with Crippen LogP contribution in [0, 0.1) is 23.7 Å². The van der Waals surface area contributed by atoms with E-state index in [4.69, 9.17) is 28.7 Å². The molecule has 0 saturated carbocycles. The van der Waals surface area contributed by atoms with Crippen molar-refractivity contribution in [3.63, 3.8) is 0 Å². The van der Waals surface area contributed by atoms with Crippen molar-refractivity contribution in [1.82, 2.24) is 9.80 Å². The van der Waals surface area contributed by atoms with Crippen LogP contribution in [0.3, 0.4) is 0 Å². The number of aliphatic imine (C=N–C) groups is 1. The minimum absolute atomic E-state index is 0.192. The zero-order valence-corrected chi connectivity index (χ0v) is 29.0. The molecule has 3 saturated heterocycles. The van der Waals surface area contributed by atoms with Crippen molar-refractivity contribution in [2.75, 3.05) is 33.8 Å². The molecule has 2 bridgehead atoms. The topological polar surface area (TPSA) is 136 Å². The minimum atomic E-state index is -1.16. The first kappa shape index (κ1) is 36.5. The van der Waals surface area contributed by atoms with Gasteiger partial charge in [0.25, 0.3) is 0 Å². The van der Waals surface area contributed by atoms with Gasteiger partial charge in [0.05, 0.1) is 37.5 Å². The summed E-state index contributed by atoms with van der Waals surface area (Å²) in [6.45, 7) is 18.2. The molecule has 1 amide bonds. The van der Waals surface area contributed by atoms with Crippen molar-refractivity contribution in [3.8, 4) is 0 Å². The van der Waals surface area contributed by atoms with E-state index in [1.165, 1.54) is 0 Å². The number of nitrogens with zero attached hydrogens (tertiary/aromatic N) is 3. The summed E-state index contributed by atoms with van der Waals surface area (Å²) in [5.74, 6) is -2.81. The zero-order chi connectivity index (χ0) is 34.1. The predicted molar refractivity (Wildman–Crippen MR) is 171 cm³/mol. The molecular formula is C34H55N3O9. The number of ketones is 1. The van der Waals surface area contributed by atoms with Gasteiger partial charge in [-0.1, -0.05) is 40.7 Å². The van der Waals surface area contributed by atoms with E-state index in [0.29, 0.717) is 25.9 Å². The summed E-state index contributed by atoms with van der Waals surface area (Å²) < 4.78 is 31.2. The molecule has 4 rings (SSSR count). The van der Waals surface area contributed by atoms with Crippen LogP contribution < -0.4 is 0 Å². The molecule has 46 heavy (non-hydrogen) atoms. The average Bonchev–Trinajstić information content (AvgIpc) is 3.12. The molecule has 0 radical (unpaired) electrons. The quantitative estimate of drug-likeness (QED) is 0.249. The molecule has 3 fully saturated rings. The Morgan fingerprint density at radius 3 is 2.43 bits per heavy atom. The molecule has 0 aromatic carbocycles. The zero-order valence-electron chi connectivity index (χ0n) is 29.0. The molecule has 12 heteroatoms. The first-order valence-corrected chi connectivity index (χ1v) is 16.8. The lowest BCUT2D eigenvalue weighted by molar-refractivity contribution is -0.281. The van der Waals surface area contributed by atoms with Crippen LogP contribution in [0.2, 0.25) is 0 Å². The Morgan fingerprint density at radius 1 is 1.11 bits per heavy atom. The number of hydrogen-bond acceptors (Lipinski definition) is 11. The van der Waals surface area contributed by atoms with E-state index in [0.717, 1.165) is 5.71 Å². The van der Waals surface area contributed by atoms with Crippen LogP contribution in [0.15, 0.2) is 17.6 Å². The monoisotopic (exact) mass is 649 g/mol. The molecule has 1 unspecified atom stereocenters. The normalized spacial score (nSPS) is 42.5. The van der Waals surface area contributed by atoms with Gasteiger partial charge in [0.15, 0.2) is 11.9 Å². The number of aliphatic hydroxyl groups excluding tert-OH is 1. The number of likely N-dealkylation sites (N-methyl/N-ethyl adjacent to an activating group) is 1. The fourth-order valence-corrected chi connectivity index (χ4v) is 8.22. The van der Waals surface area contributed by atoms with Crippen LogP contribution in [0.4, 0.5) is 4.79 Å². The van der Waals surface area contributed by atoms with Gasteiger partial charge in [-0.2, -0.15) is 0 Å². The van der Waals surface area contributed by atoms with Gasteiger partial charge in [0, 0.05) is 42.0 Å². The molecule has 0 aromatic heterocycles.